The van der Waals surface area contributed by atoms with Crippen LogP contribution in [0.1, 0.15) is 60.3 Å². The second kappa shape index (κ2) is 4.98. The zero-order valence-electron chi connectivity index (χ0n) is 12.0. The predicted octanol–water partition coefficient (Wildman–Crippen LogP) is 2.38. The van der Waals surface area contributed by atoms with Crippen molar-refractivity contribution in [2.24, 2.45) is 0 Å². The Morgan fingerprint density at radius 3 is 2.43 bits per heavy atom. The molecule has 1 fully saturated rings. The van der Waals surface area contributed by atoms with Crippen LogP contribution in [0.4, 0.5) is 4.39 Å². The third-order valence-corrected chi connectivity index (χ3v) is 3.73. The van der Waals surface area contributed by atoms with Crippen LogP contribution < -0.4 is 5.11 Å². The molecular formula is C16H16FN2O2-. The smallest absolute Gasteiger partial charge is 0.123 e. The number of carboxylic acids is 1. The van der Waals surface area contributed by atoms with E-state index < -0.39 is 5.97 Å². The Morgan fingerprint density at radius 1 is 1.33 bits per heavy atom. The maximum absolute atomic E-state index is 13.1. The Bertz CT molecular complexity index is 685. The minimum absolute atomic E-state index is 0.0250. The summed E-state index contributed by atoms with van der Waals surface area (Å²) < 4.78 is 14.7. The van der Waals surface area contributed by atoms with Crippen molar-refractivity contribution < 1.29 is 14.3 Å². The van der Waals surface area contributed by atoms with Crippen molar-refractivity contribution in [1.82, 2.24) is 9.78 Å². The molecule has 3 rings (SSSR count). The van der Waals surface area contributed by atoms with E-state index in [4.69, 9.17) is 0 Å². The van der Waals surface area contributed by atoms with Crippen LogP contribution in [-0.4, -0.2) is 15.7 Å². The average Bonchev–Trinajstić information content (AvgIpc) is 3.18. The van der Waals surface area contributed by atoms with Gasteiger partial charge in [0.1, 0.15) is 5.82 Å². The van der Waals surface area contributed by atoms with Crippen LogP contribution in [0, 0.1) is 5.82 Å². The second-order valence-corrected chi connectivity index (χ2v) is 5.75. The molecule has 5 heteroatoms. The van der Waals surface area contributed by atoms with Crippen molar-refractivity contribution in [2.75, 3.05) is 0 Å². The van der Waals surface area contributed by atoms with Crippen molar-refractivity contribution in [3.63, 3.8) is 0 Å². The molecule has 1 aromatic carbocycles. The van der Waals surface area contributed by atoms with E-state index in [1.807, 2.05) is 13.8 Å². The molecule has 110 valence electrons. The van der Waals surface area contributed by atoms with Gasteiger partial charge in [0.05, 0.1) is 23.0 Å². The average molecular weight is 287 g/mol. The number of rotatable bonds is 4. The number of carbonyl (C=O) groups excluding carboxylic acids is 1. The lowest BCUT2D eigenvalue weighted by Crippen LogP contribution is -2.25. The molecular weight excluding hydrogens is 271 g/mol. The van der Waals surface area contributed by atoms with Crippen LogP contribution in [0.2, 0.25) is 0 Å². The fourth-order valence-electron chi connectivity index (χ4n) is 2.61. The molecule has 0 radical (unpaired) electrons. The highest BCUT2D eigenvalue weighted by Crippen LogP contribution is 2.43. The molecule has 1 aliphatic carbocycles. The Kier molecular flexibility index (Phi) is 3.27. The van der Waals surface area contributed by atoms with Gasteiger partial charge in [-0.15, -0.1) is 0 Å². The molecule has 21 heavy (non-hydrogen) atoms. The maximum Gasteiger partial charge on any atom is 0.123 e. The predicted molar refractivity (Wildman–Crippen MR) is 73.9 cm³/mol. The van der Waals surface area contributed by atoms with Gasteiger partial charge in [-0.3, -0.25) is 0 Å². The first kappa shape index (κ1) is 13.8. The van der Waals surface area contributed by atoms with Crippen LogP contribution >= 0.6 is 0 Å². The van der Waals surface area contributed by atoms with Gasteiger partial charge >= 0.3 is 0 Å². The number of carboxylic acid groups (broad SMARTS) is 1. The van der Waals surface area contributed by atoms with Gasteiger partial charge in [0.15, 0.2) is 0 Å². The molecule has 0 saturated heterocycles. The summed E-state index contributed by atoms with van der Waals surface area (Å²) in [6.45, 7) is 3.83. The molecule has 0 N–H and O–H groups in total. The van der Waals surface area contributed by atoms with Crippen LogP contribution in [0.5, 0.6) is 0 Å². The van der Waals surface area contributed by atoms with Gasteiger partial charge in [0.25, 0.3) is 0 Å². The Morgan fingerprint density at radius 2 is 1.95 bits per heavy atom. The van der Waals surface area contributed by atoms with Gasteiger partial charge in [-0.2, -0.15) is 5.10 Å². The summed E-state index contributed by atoms with van der Waals surface area (Å²) in [5.41, 5.74) is 2.08. The first-order chi connectivity index (χ1) is 9.99. The van der Waals surface area contributed by atoms with Gasteiger partial charge in [-0.25, -0.2) is 9.07 Å². The molecule has 1 heterocycles. The number of aromatic nitrogens is 2. The Labute approximate surface area is 122 Å². The van der Waals surface area contributed by atoms with E-state index in [9.17, 15) is 14.3 Å². The molecule has 4 nitrogen and oxygen atoms in total. The first-order valence-corrected chi connectivity index (χ1v) is 7.09. The molecule has 2 aromatic rings. The number of carbonyl (C=O) groups is 1. The van der Waals surface area contributed by atoms with Crippen LogP contribution in [0.15, 0.2) is 24.3 Å². The van der Waals surface area contributed by atoms with Gasteiger partial charge in [-0.05, 0) is 43.0 Å². The third-order valence-electron chi connectivity index (χ3n) is 3.73. The highest BCUT2D eigenvalue weighted by atomic mass is 19.1. The summed E-state index contributed by atoms with van der Waals surface area (Å²) in [6, 6.07) is 5.89. The van der Waals surface area contributed by atoms with E-state index in [-0.39, 0.29) is 23.2 Å². The van der Waals surface area contributed by atoms with E-state index in [1.54, 1.807) is 16.8 Å². The normalized spacial score (nSPS) is 14.7. The van der Waals surface area contributed by atoms with E-state index >= 15 is 0 Å². The summed E-state index contributed by atoms with van der Waals surface area (Å²) in [7, 11) is 0. The quantitative estimate of drug-likeness (QED) is 0.867. The van der Waals surface area contributed by atoms with Crippen LogP contribution in [0.25, 0.3) is 5.69 Å². The Balaban J connectivity index is 2.21. The molecule has 0 atom stereocenters. The third kappa shape index (κ3) is 2.44. The molecule has 1 aromatic heterocycles. The Hall–Kier alpha value is -2.17. The van der Waals surface area contributed by atoms with Crippen molar-refractivity contribution >= 4 is 5.97 Å². The van der Waals surface area contributed by atoms with E-state index in [2.05, 4.69) is 5.10 Å². The van der Waals surface area contributed by atoms with Crippen molar-refractivity contribution in [1.29, 1.82) is 0 Å². The highest BCUT2D eigenvalue weighted by Gasteiger charge is 2.33. The summed E-state index contributed by atoms with van der Waals surface area (Å²) in [4.78, 5) is 11.6. The molecule has 0 bridgehead atoms. The number of hydrogen-bond donors (Lipinski definition) is 0. The second-order valence-electron chi connectivity index (χ2n) is 5.75. The van der Waals surface area contributed by atoms with E-state index in [0.717, 1.165) is 12.8 Å². The molecule has 1 aliphatic rings. The maximum atomic E-state index is 13.1. The summed E-state index contributed by atoms with van der Waals surface area (Å²) >= 11 is 0. The number of aromatic carboxylic acids is 1. The largest absolute Gasteiger partial charge is 0.545 e. The zero-order chi connectivity index (χ0) is 15.1. The van der Waals surface area contributed by atoms with Crippen molar-refractivity contribution in [2.45, 2.75) is 38.5 Å². The van der Waals surface area contributed by atoms with Gasteiger partial charge in [-0.1, -0.05) is 13.8 Å². The van der Waals surface area contributed by atoms with Gasteiger partial charge in [0, 0.05) is 11.5 Å². The van der Waals surface area contributed by atoms with Crippen molar-refractivity contribution in [3.8, 4) is 5.69 Å². The lowest BCUT2D eigenvalue weighted by molar-refractivity contribution is -0.255. The van der Waals surface area contributed by atoms with E-state index in [1.165, 1.54) is 12.1 Å². The standard InChI is InChI=1S/C16H17FN2O2/c1-9(2)15-13(16(20)21)14(10-3-4-10)18-19(15)12-7-5-11(17)6-8-12/h5-10H,3-4H2,1-2H3,(H,20,21)/p-1. The number of nitrogens with zero attached hydrogens (tertiary/aromatic N) is 2. The lowest BCUT2D eigenvalue weighted by atomic mass is 10.0. The fourth-order valence-corrected chi connectivity index (χ4v) is 2.61. The highest BCUT2D eigenvalue weighted by molar-refractivity contribution is 5.89. The summed E-state index contributed by atoms with van der Waals surface area (Å²) in [5, 5.41) is 16.0. The van der Waals surface area contributed by atoms with Crippen molar-refractivity contribution in [3.05, 3.63) is 47.0 Å². The van der Waals surface area contributed by atoms with E-state index in [0.29, 0.717) is 17.1 Å². The summed E-state index contributed by atoms with van der Waals surface area (Å²) in [6.07, 6.45) is 1.91. The number of halogens is 1. The molecule has 0 unspecified atom stereocenters. The lowest BCUT2D eigenvalue weighted by Gasteiger charge is -2.13. The number of benzene rings is 1. The van der Waals surface area contributed by atoms with Crippen LogP contribution in [-0.2, 0) is 0 Å². The van der Waals surface area contributed by atoms with Crippen LogP contribution in [0.3, 0.4) is 0 Å². The first-order valence-electron chi connectivity index (χ1n) is 7.09. The zero-order valence-corrected chi connectivity index (χ0v) is 12.0. The molecule has 0 amide bonds. The monoisotopic (exact) mass is 287 g/mol. The van der Waals surface area contributed by atoms with Gasteiger partial charge < -0.3 is 9.90 Å². The molecule has 0 aliphatic heterocycles. The SMILES string of the molecule is CC(C)c1c(C(=O)[O-])c(C2CC2)nn1-c1ccc(F)cc1. The molecule has 0 spiro atoms. The minimum atomic E-state index is -1.19. The number of hydrogen-bond acceptors (Lipinski definition) is 3. The molecule has 1 saturated carbocycles. The van der Waals surface area contributed by atoms with Gasteiger partial charge in [0.2, 0.25) is 0 Å². The summed E-state index contributed by atoms with van der Waals surface area (Å²) in [5.74, 6) is -1.34. The topological polar surface area (TPSA) is 57.9 Å². The minimum Gasteiger partial charge on any atom is -0.545 e. The fraction of sp³-hybridized carbons (Fsp3) is 0.375.